The van der Waals surface area contributed by atoms with Crippen molar-refractivity contribution >= 4 is 40.7 Å². The second kappa shape index (κ2) is 6.42. The maximum Gasteiger partial charge on any atom is 0.250 e. The first-order valence-corrected chi connectivity index (χ1v) is 11.5. The highest BCUT2D eigenvalue weighted by Crippen LogP contribution is 2.61. The number of nitrogens with zero attached hydrogens (tertiary/aromatic N) is 2. The van der Waals surface area contributed by atoms with E-state index in [1.54, 1.807) is 12.1 Å². The number of halogens is 1. The average molecular weight is 450 g/mol. The Hall–Kier alpha value is -2.70. The lowest BCUT2D eigenvalue weighted by atomic mass is 9.75. The number of carbonyl (C=O) groups is 3. The van der Waals surface area contributed by atoms with E-state index < -0.39 is 17.4 Å². The van der Waals surface area contributed by atoms with Crippen molar-refractivity contribution in [1.29, 1.82) is 0 Å². The number of fused-ring (bicyclic) bond motifs is 7. The maximum atomic E-state index is 14.0. The van der Waals surface area contributed by atoms with Crippen LogP contribution in [0.5, 0.6) is 0 Å². The van der Waals surface area contributed by atoms with Gasteiger partial charge in [0.2, 0.25) is 17.7 Å². The number of hydrogen-bond donors (Lipinski definition) is 1. The van der Waals surface area contributed by atoms with Crippen LogP contribution in [0, 0.1) is 32.6 Å². The molecule has 0 radical (unpaired) electrons. The molecule has 4 aliphatic heterocycles. The van der Waals surface area contributed by atoms with E-state index in [9.17, 15) is 14.4 Å². The van der Waals surface area contributed by atoms with Crippen molar-refractivity contribution < 1.29 is 14.4 Å². The molecule has 0 unspecified atom stereocenters. The van der Waals surface area contributed by atoms with Gasteiger partial charge in [-0.05, 0) is 69.0 Å². The van der Waals surface area contributed by atoms with Gasteiger partial charge in [0.25, 0.3) is 0 Å². The van der Waals surface area contributed by atoms with Crippen LogP contribution >= 0.6 is 11.6 Å². The first kappa shape index (κ1) is 19.9. The third-order valence-electron chi connectivity index (χ3n) is 8.11. The summed E-state index contributed by atoms with van der Waals surface area (Å²) in [6, 6.07) is 9.08. The molecule has 3 fully saturated rings. The Morgan fingerprint density at radius 3 is 2.56 bits per heavy atom. The topological polar surface area (TPSA) is 69.7 Å². The molecular formula is C25H24ClN3O3. The summed E-state index contributed by atoms with van der Waals surface area (Å²) in [7, 11) is 0. The Morgan fingerprint density at radius 2 is 1.78 bits per heavy atom. The predicted molar refractivity (Wildman–Crippen MR) is 122 cm³/mol. The van der Waals surface area contributed by atoms with Gasteiger partial charge >= 0.3 is 0 Å². The van der Waals surface area contributed by atoms with Crippen LogP contribution < -0.4 is 10.2 Å². The lowest BCUT2D eigenvalue weighted by Gasteiger charge is -2.36. The van der Waals surface area contributed by atoms with Crippen LogP contribution in [0.4, 0.5) is 11.4 Å². The third-order valence-corrected chi connectivity index (χ3v) is 8.35. The minimum atomic E-state index is -1.15. The summed E-state index contributed by atoms with van der Waals surface area (Å²) >= 11 is 6.22. The molecular weight excluding hydrogens is 426 g/mol. The summed E-state index contributed by atoms with van der Waals surface area (Å²) in [5.74, 6) is -2.00. The van der Waals surface area contributed by atoms with Gasteiger partial charge in [-0.2, -0.15) is 0 Å². The van der Waals surface area contributed by atoms with Crippen molar-refractivity contribution in [2.24, 2.45) is 11.8 Å². The fraction of sp³-hybridized carbons (Fsp3) is 0.400. The number of benzene rings is 2. The maximum absolute atomic E-state index is 14.0. The summed E-state index contributed by atoms with van der Waals surface area (Å²) < 4.78 is 0. The first-order chi connectivity index (χ1) is 15.3. The zero-order chi connectivity index (χ0) is 22.5. The largest absolute Gasteiger partial charge is 0.324 e. The van der Waals surface area contributed by atoms with Gasteiger partial charge in [0.1, 0.15) is 5.54 Å². The molecule has 0 saturated carbocycles. The zero-order valence-corrected chi connectivity index (χ0v) is 19.0. The van der Waals surface area contributed by atoms with Gasteiger partial charge in [0, 0.05) is 22.3 Å². The Morgan fingerprint density at radius 1 is 1.03 bits per heavy atom. The summed E-state index contributed by atoms with van der Waals surface area (Å²) in [5, 5.41) is 3.56. The molecule has 4 heterocycles. The molecule has 164 valence electrons. The Kier molecular flexibility index (Phi) is 4.00. The molecule has 4 aliphatic rings. The van der Waals surface area contributed by atoms with Crippen molar-refractivity contribution in [1.82, 2.24) is 4.90 Å². The molecule has 1 spiro atoms. The van der Waals surface area contributed by atoms with E-state index in [0.29, 0.717) is 17.3 Å². The number of anilines is 2. The van der Waals surface area contributed by atoms with Gasteiger partial charge in [0.05, 0.1) is 17.5 Å². The Labute approximate surface area is 191 Å². The highest BCUT2D eigenvalue weighted by atomic mass is 35.5. The number of rotatable bonds is 1. The highest BCUT2D eigenvalue weighted by molar-refractivity contribution is 6.32. The second-order valence-electron chi connectivity index (χ2n) is 9.50. The lowest BCUT2D eigenvalue weighted by Crippen LogP contribution is -2.54. The van der Waals surface area contributed by atoms with Gasteiger partial charge in [-0.1, -0.05) is 29.8 Å². The molecule has 3 saturated heterocycles. The summed E-state index contributed by atoms with van der Waals surface area (Å²) in [6.07, 6.45) is 1.71. The molecule has 6 nitrogen and oxygen atoms in total. The molecule has 1 N–H and O–H groups in total. The first-order valence-electron chi connectivity index (χ1n) is 11.1. The molecule has 2 aromatic carbocycles. The van der Waals surface area contributed by atoms with Crippen molar-refractivity contribution in [2.45, 2.75) is 45.2 Å². The molecule has 0 aromatic heterocycles. The molecule has 0 aliphatic carbocycles. The van der Waals surface area contributed by atoms with E-state index in [1.807, 2.05) is 39.0 Å². The van der Waals surface area contributed by atoms with Gasteiger partial charge in [-0.25, -0.2) is 4.90 Å². The van der Waals surface area contributed by atoms with Crippen LogP contribution in [0.25, 0.3) is 0 Å². The van der Waals surface area contributed by atoms with Crippen LogP contribution in [0.15, 0.2) is 30.3 Å². The van der Waals surface area contributed by atoms with Crippen molar-refractivity contribution in [3.8, 4) is 0 Å². The second-order valence-corrected chi connectivity index (χ2v) is 9.94. The average Bonchev–Trinajstić information content (AvgIpc) is 3.46. The van der Waals surface area contributed by atoms with Crippen molar-refractivity contribution in [2.75, 3.05) is 16.8 Å². The van der Waals surface area contributed by atoms with Crippen LogP contribution in [0.2, 0.25) is 5.02 Å². The van der Waals surface area contributed by atoms with E-state index in [1.165, 1.54) is 4.90 Å². The monoisotopic (exact) mass is 449 g/mol. The van der Waals surface area contributed by atoms with E-state index in [2.05, 4.69) is 10.2 Å². The van der Waals surface area contributed by atoms with E-state index >= 15 is 0 Å². The van der Waals surface area contributed by atoms with Crippen molar-refractivity contribution in [3.05, 3.63) is 57.6 Å². The van der Waals surface area contributed by atoms with Gasteiger partial charge in [0.15, 0.2) is 0 Å². The van der Waals surface area contributed by atoms with Crippen LogP contribution in [-0.2, 0) is 19.9 Å². The number of carbonyl (C=O) groups excluding carboxylic acids is 3. The third kappa shape index (κ3) is 2.17. The number of amides is 3. The standard InChI is InChI=1S/C25H24ClN3O3/c1-12-7-9-16-21(14(12)3)27-24(32)25(16)20-19(17-5-4-10-28(17)25)22(30)29(23(20)31)18-11-15(26)8-6-13(18)2/h6-9,11,17,19-20H,4-5,10H2,1-3H3,(H,27,32)/t17-,19+,20+,25-/m0/s1. The van der Waals surface area contributed by atoms with E-state index in [4.69, 9.17) is 11.6 Å². The van der Waals surface area contributed by atoms with E-state index in [-0.39, 0.29) is 23.8 Å². The van der Waals surface area contributed by atoms with Gasteiger partial charge in [-0.3, -0.25) is 19.3 Å². The zero-order valence-electron chi connectivity index (χ0n) is 18.2. The van der Waals surface area contributed by atoms with Crippen LogP contribution in [-0.4, -0.2) is 35.2 Å². The van der Waals surface area contributed by atoms with Crippen LogP contribution in [0.1, 0.15) is 35.1 Å². The normalized spacial score (nSPS) is 30.8. The molecule has 4 atom stereocenters. The molecule has 32 heavy (non-hydrogen) atoms. The molecule has 0 bridgehead atoms. The fourth-order valence-corrected chi connectivity index (χ4v) is 6.75. The van der Waals surface area contributed by atoms with Crippen LogP contribution in [0.3, 0.4) is 0 Å². The predicted octanol–water partition coefficient (Wildman–Crippen LogP) is 3.70. The lowest BCUT2D eigenvalue weighted by molar-refractivity contribution is -0.135. The summed E-state index contributed by atoms with van der Waals surface area (Å²) in [4.78, 5) is 45.0. The molecule has 2 aromatic rings. The fourth-order valence-electron chi connectivity index (χ4n) is 6.58. The van der Waals surface area contributed by atoms with Crippen molar-refractivity contribution in [3.63, 3.8) is 0 Å². The molecule has 3 amide bonds. The number of hydrogen-bond acceptors (Lipinski definition) is 4. The smallest absolute Gasteiger partial charge is 0.250 e. The number of nitrogens with one attached hydrogen (secondary N) is 1. The number of aryl methyl sites for hydroxylation is 2. The van der Waals surface area contributed by atoms with Gasteiger partial charge in [-0.15, -0.1) is 0 Å². The Balaban J connectivity index is 1.58. The Bertz CT molecular complexity index is 1240. The SMILES string of the molecule is Cc1ccc(Cl)cc1N1C(=O)[C@@H]2[C@@H]3CCCN3[C@]3(C(=O)Nc4c3ccc(C)c4C)[C@H]2C1=O. The molecule has 7 heteroatoms. The van der Waals surface area contributed by atoms with Gasteiger partial charge < -0.3 is 5.32 Å². The quantitative estimate of drug-likeness (QED) is 0.674. The minimum absolute atomic E-state index is 0.126. The highest BCUT2D eigenvalue weighted by Gasteiger charge is 2.74. The molecule has 6 rings (SSSR count). The minimum Gasteiger partial charge on any atom is -0.324 e. The summed E-state index contributed by atoms with van der Waals surface area (Å²) in [5.41, 5.74) is 3.88. The summed E-state index contributed by atoms with van der Waals surface area (Å²) in [6.45, 7) is 6.57. The number of imide groups is 1. The van der Waals surface area contributed by atoms with E-state index in [0.717, 1.165) is 40.8 Å².